The molecule has 1 saturated heterocycles. The van der Waals surface area contributed by atoms with Crippen molar-refractivity contribution in [2.24, 2.45) is 11.8 Å². The number of Topliss-reactive ketones (excluding diaryl/α,β-unsaturated/α-hetero) is 1. The van der Waals surface area contributed by atoms with Crippen molar-refractivity contribution in [2.75, 3.05) is 13.7 Å². The van der Waals surface area contributed by atoms with Crippen molar-refractivity contribution in [1.29, 1.82) is 5.26 Å². The van der Waals surface area contributed by atoms with E-state index in [0.29, 0.717) is 19.5 Å². The van der Waals surface area contributed by atoms with Crippen LogP contribution in [0.5, 0.6) is 5.75 Å². The van der Waals surface area contributed by atoms with E-state index in [0.717, 1.165) is 16.9 Å². The third-order valence-corrected chi connectivity index (χ3v) is 6.47. The van der Waals surface area contributed by atoms with Gasteiger partial charge < -0.3 is 9.64 Å². The first-order valence-corrected chi connectivity index (χ1v) is 10.2. The van der Waals surface area contributed by atoms with Crippen LogP contribution < -0.4 is 4.74 Å². The molecule has 1 fully saturated rings. The number of carbonyl (C=O) groups excluding carboxylic acids is 2. The second-order valence-electron chi connectivity index (χ2n) is 8.03. The molecule has 5 heteroatoms. The number of hydrogen-bond acceptors (Lipinski definition) is 4. The number of amides is 1. The number of fused-ring (bicyclic) bond motifs is 1. The zero-order valence-electron chi connectivity index (χ0n) is 17.2. The van der Waals surface area contributed by atoms with Crippen molar-refractivity contribution >= 4 is 11.7 Å². The Hall–Kier alpha value is -3.39. The molecular formula is C25H24N2O3. The van der Waals surface area contributed by atoms with E-state index in [-0.39, 0.29) is 29.1 Å². The monoisotopic (exact) mass is 400 g/mol. The SMILES string of the molecule is COc1cccc(CN2CC[C@H]3[C@H](C)C(=O)C(C#N)=C[C@]3(c3ccccc3)C2=O)c1. The molecule has 2 aromatic carbocycles. The van der Waals surface area contributed by atoms with Gasteiger partial charge >= 0.3 is 0 Å². The topological polar surface area (TPSA) is 70.4 Å². The van der Waals surface area contributed by atoms with Crippen molar-refractivity contribution in [3.8, 4) is 11.8 Å². The van der Waals surface area contributed by atoms with E-state index in [1.165, 1.54) is 0 Å². The number of methoxy groups -OCH3 is 1. The number of benzene rings is 2. The quantitative estimate of drug-likeness (QED) is 0.785. The number of carbonyl (C=O) groups is 2. The van der Waals surface area contributed by atoms with Gasteiger partial charge in [-0.2, -0.15) is 5.26 Å². The van der Waals surface area contributed by atoms with Gasteiger partial charge in [0, 0.05) is 19.0 Å². The summed E-state index contributed by atoms with van der Waals surface area (Å²) >= 11 is 0. The van der Waals surface area contributed by atoms with Crippen molar-refractivity contribution in [2.45, 2.75) is 25.3 Å². The van der Waals surface area contributed by atoms with E-state index in [1.807, 2.05) is 72.5 Å². The van der Waals surface area contributed by atoms with Gasteiger partial charge in [0.15, 0.2) is 5.78 Å². The molecule has 1 amide bonds. The number of ketones is 1. The maximum absolute atomic E-state index is 14.0. The summed E-state index contributed by atoms with van der Waals surface area (Å²) in [6.45, 7) is 2.87. The molecule has 2 aliphatic rings. The molecule has 30 heavy (non-hydrogen) atoms. The van der Waals surface area contributed by atoms with Gasteiger partial charge in [0.1, 0.15) is 11.8 Å². The standard InChI is InChI=1S/C25H24N2O3/c1-17-22-11-12-27(16-18-7-6-10-21(13-18)30-2)24(29)25(22,14-19(15-26)23(17)28)20-8-4-3-5-9-20/h3-10,13-14,17,22H,11-12,16H2,1-2H3/t17-,22-,25+/m0/s1. The Morgan fingerprint density at radius 2 is 1.93 bits per heavy atom. The number of rotatable bonds is 4. The van der Waals surface area contributed by atoms with Crippen molar-refractivity contribution in [3.05, 3.63) is 77.4 Å². The molecule has 3 atom stereocenters. The third kappa shape index (κ3) is 3.09. The molecule has 1 aliphatic carbocycles. The number of nitrogens with zero attached hydrogens (tertiary/aromatic N) is 2. The van der Waals surface area contributed by atoms with Crippen molar-refractivity contribution < 1.29 is 14.3 Å². The van der Waals surface area contributed by atoms with Crippen LogP contribution in [0.3, 0.4) is 0 Å². The number of allylic oxidation sites excluding steroid dienone is 1. The van der Waals surface area contributed by atoms with Gasteiger partial charge in [0.2, 0.25) is 5.91 Å². The van der Waals surface area contributed by atoms with Gasteiger partial charge in [-0.15, -0.1) is 0 Å². The maximum atomic E-state index is 14.0. The average molecular weight is 400 g/mol. The van der Waals surface area contributed by atoms with E-state index >= 15 is 0 Å². The van der Waals surface area contributed by atoms with Crippen molar-refractivity contribution in [1.82, 2.24) is 4.90 Å². The normalized spacial score (nSPS) is 25.9. The minimum absolute atomic E-state index is 0.0557. The minimum Gasteiger partial charge on any atom is -0.497 e. The summed E-state index contributed by atoms with van der Waals surface area (Å²) in [5, 5.41) is 9.60. The van der Waals surface area contributed by atoms with Gasteiger partial charge in [-0.1, -0.05) is 49.4 Å². The fourth-order valence-electron chi connectivity index (χ4n) is 4.95. The first kappa shape index (κ1) is 19.9. The summed E-state index contributed by atoms with van der Waals surface area (Å²) in [6.07, 6.45) is 2.34. The lowest BCUT2D eigenvalue weighted by Crippen LogP contribution is -2.59. The van der Waals surface area contributed by atoms with Crippen LogP contribution in [0.2, 0.25) is 0 Å². The Morgan fingerprint density at radius 3 is 2.63 bits per heavy atom. The van der Waals surface area contributed by atoms with E-state index < -0.39 is 5.41 Å². The van der Waals surface area contributed by atoms with Crippen LogP contribution in [0, 0.1) is 23.2 Å². The first-order valence-electron chi connectivity index (χ1n) is 10.2. The molecule has 0 spiro atoms. The second-order valence-corrected chi connectivity index (χ2v) is 8.03. The molecule has 0 aromatic heterocycles. The Morgan fingerprint density at radius 1 is 1.17 bits per heavy atom. The molecule has 152 valence electrons. The third-order valence-electron chi connectivity index (χ3n) is 6.47. The predicted octanol–water partition coefficient (Wildman–Crippen LogP) is 3.65. The van der Waals surface area contributed by atoms with Crippen LogP contribution in [-0.4, -0.2) is 30.2 Å². The van der Waals surface area contributed by atoms with Crippen LogP contribution in [-0.2, 0) is 21.5 Å². The van der Waals surface area contributed by atoms with Crippen LogP contribution in [0.25, 0.3) is 0 Å². The van der Waals surface area contributed by atoms with E-state index in [2.05, 4.69) is 0 Å². The Labute approximate surface area is 176 Å². The molecule has 1 heterocycles. The van der Waals surface area contributed by atoms with Crippen LogP contribution >= 0.6 is 0 Å². The van der Waals surface area contributed by atoms with Crippen LogP contribution in [0.1, 0.15) is 24.5 Å². The van der Waals surface area contributed by atoms with Crippen LogP contribution in [0.15, 0.2) is 66.2 Å². The second kappa shape index (κ2) is 7.79. The highest BCUT2D eigenvalue weighted by Crippen LogP contribution is 2.49. The molecule has 4 rings (SSSR count). The molecule has 0 saturated carbocycles. The fourth-order valence-corrected chi connectivity index (χ4v) is 4.95. The number of ether oxygens (including phenoxy) is 1. The summed E-state index contributed by atoms with van der Waals surface area (Å²) in [5.74, 6) is -0.0227. The molecule has 1 aliphatic heterocycles. The summed E-state index contributed by atoms with van der Waals surface area (Å²) in [5.41, 5.74) is 0.895. The smallest absolute Gasteiger partial charge is 0.237 e. The maximum Gasteiger partial charge on any atom is 0.237 e. The zero-order chi connectivity index (χ0) is 21.3. The lowest BCUT2D eigenvalue weighted by atomic mass is 9.57. The summed E-state index contributed by atoms with van der Waals surface area (Å²) in [4.78, 5) is 28.5. The molecular weight excluding hydrogens is 376 g/mol. The van der Waals surface area contributed by atoms with Crippen molar-refractivity contribution in [3.63, 3.8) is 0 Å². The average Bonchev–Trinajstić information content (AvgIpc) is 2.79. The largest absolute Gasteiger partial charge is 0.497 e. The highest BCUT2D eigenvalue weighted by molar-refractivity contribution is 6.06. The van der Waals surface area contributed by atoms with Gasteiger partial charge in [-0.25, -0.2) is 0 Å². The summed E-state index contributed by atoms with van der Waals surface area (Å²) < 4.78 is 5.31. The van der Waals surface area contributed by atoms with E-state index in [9.17, 15) is 14.9 Å². The molecule has 0 radical (unpaired) electrons. The number of hydrogen-bond donors (Lipinski definition) is 0. The minimum atomic E-state index is -1.00. The highest BCUT2D eigenvalue weighted by Gasteiger charge is 2.56. The van der Waals surface area contributed by atoms with Gasteiger partial charge in [0.05, 0.1) is 18.1 Å². The van der Waals surface area contributed by atoms with Gasteiger partial charge in [0.25, 0.3) is 0 Å². The summed E-state index contributed by atoms with van der Waals surface area (Å²) in [6, 6.07) is 19.3. The Kier molecular flexibility index (Phi) is 5.17. The molecule has 2 aromatic rings. The number of nitriles is 1. The van der Waals surface area contributed by atoms with Crippen LogP contribution in [0.4, 0.5) is 0 Å². The molecule has 0 N–H and O–H groups in total. The highest BCUT2D eigenvalue weighted by atomic mass is 16.5. The molecule has 0 unspecified atom stereocenters. The van der Waals surface area contributed by atoms with Gasteiger partial charge in [-0.3, -0.25) is 9.59 Å². The lowest BCUT2D eigenvalue weighted by molar-refractivity contribution is -0.145. The first-order chi connectivity index (χ1) is 14.5. The predicted molar refractivity (Wildman–Crippen MR) is 113 cm³/mol. The summed E-state index contributed by atoms with van der Waals surface area (Å²) in [7, 11) is 1.62. The fraction of sp³-hybridized carbons (Fsp3) is 0.320. The zero-order valence-corrected chi connectivity index (χ0v) is 17.2. The molecule has 5 nitrogen and oxygen atoms in total. The lowest BCUT2D eigenvalue weighted by Gasteiger charge is -2.50. The number of piperidine rings is 1. The molecule has 0 bridgehead atoms. The Balaban J connectivity index is 1.80. The van der Waals surface area contributed by atoms with E-state index in [1.54, 1.807) is 13.2 Å². The van der Waals surface area contributed by atoms with Gasteiger partial charge in [-0.05, 0) is 41.7 Å². The van der Waals surface area contributed by atoms with E-state index in [4.69, 9.17) is 4.74 Å². The Bertz CT molecular complexity index is 1050. The number of likely N-dealkylation sites (tertiary alicyclic amines) is 1.